The molecule has 2 aromatic rings. The van der Waals surface area contributed by atoms with Crippen LogP contribution in [0.15, 0.2) is 42.5 Å². The lowest BCUT2D eigenvalue weighted by molar-refractivity contribution is -0.00836. The molecule has 0 unspecified atom stereocenters. The van der Waals surface area contributed by atoms with E-state index in [0.717, 1.165) is 24.6 Å². The van der Waals surface area contributed by atoms with Gasteiger partial charge in [-0.05, 0) is 87.4 Å². The van der Waals surface area contributed by atoms with Crippen LogP contribution >= 0.6 is 0 Å². The van der Waals surface area contributed by atoms with Crippen LogP contribution < -0.4 is 10.1 Å². The number of phenols is 1. The van der Waals surface area contributed by atoms with E-state index in [1.807, 2.05) is 6.07 Å². The maximum Gasteiger partial charge on any atom is 0.511 e. The second-order valence-corrected chi connectivity index (χ2v) is 9.99. The number of para-hydroxylation sites is 1. The Balaban J connectivity index is 0.000000256. The Hall–Kier alpha value is -3.26. The average Bonchev–Trinajstić information content (AvgIpc) is 2.84. The van der Waals surface area contributed by atoms with E-state index in [9.17, 15) is 9.59 Å². The minimum Gasteiger partial charge on any atom is -0.507 e. The predicted octanol–water partition coefficient (Wildman–Crippen LogP) is 5.02. The third-order valence-electron chi connectivity index (χ3n) is 7.49. The molecule has 8 heteroatoms. The Morgan fingerprint density at radius 1 is 1.14 bits per heavy atom. The van der Waals surface area contributed by atoms with Crippen molar-refractivity contribution in [3.63, 3.8) is 0 Å². The largest absolute Gasteiger partial charge is 0.511 e. The molecule has 0 amide bonds. The normalized spacial score (nSPS) is 23.9. The van der Waals surface area contributed by atoms with Gasteiger partial charge in [0, 0.05) is 11.5 Å². The third-order valence-corrected chi connectivity index (χ3v) is 7.49. The first kappa shape index (κ1) is 25.8. The van der Waals surface area contributed by atoms with Crippen LogP contribution in [0.5, 0.6) is 11.5 Å². The zero-order valence-corrected chi connectivity index (χ0v) is 20.9. The Kier molecular flexibility index (Phi) is 8.04. The van der Waals surface area contributed by atoms with Gasteiger partial charge in [0.15, 0.2) is 0 Å². The summed E-state index contributed by atoms with van der Waals surface area (Å²) in [7, 11) is 0. The van der Waals surface area contributed by atoms with E-state index >= 15 is 0 Å². The summed E-state index contributed by atoms with van der Waals surface area (Å²) in [6.07, 6.45) is 6.71. The quantitative estimate of drug-likeness (QED) is 0.390. The molecule has 2 fully saturated rings. The van der Waals surface area contributed by atoms with Crippen molar-refractivity contribution in [2.45, 2.75) is 69.9 Å². The third kappa shape index (κ3) is 5.59. The van der Waals surface area contributed by atoms with Crippen LogP contribution in [-0.4, -0.2) is 47.8 Å². The van der Waals surface area contributed by atoms with E-state index < -0.39 is 12.1 Å². The van der Waals surface area contributed by atoms with Crippen LogP contribution in [-0.2, 0) is 21.3 Å². The fourth-order valence-electron chi connectivity index (χ4n) is 6.02. The summed E-state index contributed by atoms with van der Waals surface area (Å²) in [4.78, 5) is 21.7. The lowest BCUT2D eigenvalue weighted by Crippen LogP contribution is -2.59. The summed E-state index contributed by atoms with van der Waals surface area (Å²) in [6.45, 7) is 4.57. The molecule has 194 valence electrons. The highest BCUT2D eigenvalue weighted by Gasteiger charge is 2.51. The van der Waals surface area contributed by atoms with Crippen molar-refractivity contribution in [3.05, 3.63) is 59.2 Å². The van der Waals surface area contributed by atoms with E-state index in [1.165, 1.54) is 55.4 Å². The van der Waals surface area contributed by atoms with Crippen molar-refractivity contribution in [1.29, 1.82) is 0 Å². The molecule has 0 aromatic heterocycles. The van der Waals surface area contributed by atoms with Gasteiger partial charge in [-0.1, -0.05) is 31.0 Å². The van der Waals surface area contributed by atoms with Crippen molar-refractivity contribution in [2.24, 2.45) is 5.92 Å². The first-order valence-corrected chi connectivity index (χ1v) is 12.6. The number of hydrogen-bond donors (Lipinski definition) is 3. The Morgan fingerprint density at radius 3 is 2.67 bits per heavy atom. The fourth-order valence-corrected chi connectivity index (χ4v) is 6.02. The smallest absolute Gasteiger partial charge is 0.507 e. The zero-order chi connectivity index (χ0) is 25.7. The van der Waals surface area contributed by atoms with Gasteiger partial charge in [0.2, 0.25) is 6.79 Å². The molecule has 1 aliphatic heterocycles. The van der Waals surface area contributed by atoms with E-state index in [-0.39, 0.29) is 24.2 Å². The van der Waals surface area contributed by atoms with Gasteiger partial charge in [-0.25, -0.2) is 9.59 Å². The minimum atomic E-state index is -1.11. The number of benzene rings is 2. The van der Waals surface area contributed by atoms with Gasteiger partial charge < -0.3 is 29.7 Å². The molecule has 5 rings (SSSR count). The van der Waals surface area contributed by atoms with Crippen molar-refractivity contribution in [1.82, 2.24) is 5.32 Å². The first-order chi connectivity index (χ1) is 17.3. The van der Waals surface area contributed by atoms with Gasteiger partial charge in [0.25, 0.3) is 0 Å². The second kappa shape index (κ2) is 11.2. The number of ether oxygens (including phenoxy) is 3. The van der Waals surface area contributed by atoms with Crippen molar-refractivity contribution in [2.75, 3.05) is 13.3 Å². The number of carboxylic acid groups (broad SMARTS) is 1. The molecular weight excluding hydrogens is 462 g/mol. The highest BCUT2D eigenvalue weighted by molar-refractivity contribution is 5.90. The maximum atomic E-state index is 11.5. The van der Waals surface area contributed by atoms with Crippen LogP contribution in [0.2, 0.25) is 0 Å². The Bertz CT molecular complexity index is 1080. The summed E-state index contributed by atoms with van der Waals surface area (Å²) in [5.41, 5.74) is 3.16. The van der Waals surface area contributed by atoms with Crippen molar-refractivity contribution < 1.29 is 34.0 Å². The predicted molar refractivity (Wildman–Crippen MR) is 133 cm³/mol. The lowest BCUT2D eigenvalue weighted by Gasteiger charge is -2.56. The number of hydrogen-bond acceptors (Lipinski definition) is 7. The van der Waals surface area contributed by atoms with E-state index in [4.69, 9.17) is 24.4 Å². The molecular formula is C28H35NO7. The standard InChI is InChI=1S/C21H29NO4.C7H6O3/c1-14(2)26-20(23)25-13-24-16-7-6-15-11-19-17-5-3-4-8-21(17,9-10-22-19)18(15)12-16;8-6-4-2-1-3-5(6)7(9)10/h6-7,12,14,17,19,22H,3-5,8-11,13H2,1-2H3;1-4,8H,(H,9,10)/t17-,19-,21+;/m1./s1. The summed E-state index contributed by atoms with van der Waals surface area (Å²) in [5.74, 6) is 0.204. The molecule has 1 saturated heterocycles. The molecule has 1 saturated carbocycles. The Labute approximate surface area is 211 Å². The van der Waals surface area contributed by atoms with Crippen LogP contribution in [0.4, 0.5) is 4.79 Å². The highest BCUT2D eigenvalue weighted by Crippen LogP contribution is 2.54. The highest BCUT2D eigenvalue weighted by atomic mass is 16.8. The van der Waals surface area contributed by atoms with Crippen LogP contribution in [0.25, 0.3) is 0 Å². The molecule has 3 atom stereocenters. The number of aromatic hydroxyl groups is 1. The summed E-state index contributed by atoms with van der Waals surface area (Å²) in [6, 6.07) is 12.8. The number of carboxylic acids is 1. The zero-order valence-electron chi connectivity index (χ0n) is 20.9. The second-order valence-electron chi connectivity index (χ2n) is 9.99. The number of piperidine rings is 1. The van der Waals surface area contributed by atoms with Crippen LogP contribution in [0.1, 0.15) is 67.4 Å². The molecule has 8 nitrogen and oxygen atoms in total. The maximum absolute atomic E-state index is 11.5. The molecule has 2 aromatic carbocycles. The molecule has 2 aliphatic carbocycles. The van der Waals surface area contributed by atoms with E-state index in [2.05, 4.69) is 17.4 Å². The monoisotopic (exact) mass is 497 g/mol. The number of nitrogens with one attached hydrogen (secondary N) is 1. The van der Waals surface area contributed by atoms with Crippen LogP contribution in [0, 0.1) is 5.92 Å². The summed E-state index contributed by atoms with van der Waals surface area (Å²) in [5, 5.41) is 21.1. The molecule has 0 spiro atoms. The van der Waals surface area contributed by atoms with Gasteiger partial charge in [0.1, 0.15) is 17.1 Å². The Morgan fingerprint density at radius 2 is 1.94 bits per heavy atom. The average molecular weight is 498 g/mol. The van der Waals surface area contributed by atoms with Gasteiger partial charge in [-0.3, -0.25) is 0 Å². The minimum absolute atomic E-state index is 0.0671. The van der Waals surface area contributed by atoms with E-state index in [0.29, 0.717) is 11.5 Å². The number of aromatic carboxylic acids is 1. The molecule has 3 N–H and O–H groups in total. The fraction of sp³-hybridized carbons (Fsp3) is 0.500. The molecule has 3 aliphatic rings. The van der Waals surface area contributed by atoms with Crippen molar-refractivity contribution >= 4 is 12.1 Å². The molecule has 36 heavy (non-hydrogen) atoms. The van der Waals surface area contributed by atoms with Gasteiger partial charge in [-0.2, -0.15) is 0 Å². The molecule has 2 bridgehead atoms. The number of fused-ring (bicyclic) bond motifs is 1. The van der Waals surface area contributed by atoms with Crippen molar-refractivity contribution in [3.8, 4) is 11.5 Å². The molecule has 0 radical (unpaired) electrons. The summed E-state index contributed by atoms with van der Waals surface area (Å²) < 4.78 is 15.6. The van der Waals surface area contributed by atoms with Gasteiger partial charge >= 0.3 is 12.1 Å². The van der Waals surface area contributed by atoms with Gasteiger partial charge in [-0.15, -0.1) is 0 Å². The SMILES string of the molecule is CC(C)OC(=O)OCOc1ccc2c(c1)[C@]13CCCC[C@@H]1[C@@H](C2)NCC3.O=C(O)c1ccccc1O. The number of carbonyl (C=O) groups excluding carboxylic acids is 1. The van der Waals surface area contributed by atoms with Gasteiger partial charge in [0.05, 0.1) is 6.10 Å². The number of carbonyl (C=O) groups is 2. The number of rotatable bonds is 5. The lowest BCUT2D eigenvalue weighted by atomic mass is 9.53. The topological polar surface area (TPSA) is 114 Å². The molecule has 1 heterocycles. The first-order valence-electron chi connectivity index (χ1n) is 12.6. The van der Waals surface area contributed by atoms with Crippen LogP contribution in [0.3, 0.4) is 0 Å². The van der Waals surface area contributed by atoms with E-state index in [1.54, 1.807) is 26.0 Å². The summed E-state index contributed by atoms with van der Waals surface area (Å²) >= 11 is 0.